The fraction of sp³-hybridized carbons (Fsp3) is 0.545. The number of carbonyl (C=O) groups excluding carboxylic acids is 3. The van der Waals surface area contributed by atoms with Gasteiger partial charge in [0.15, 0.2) is 0 Å². The maximum absolute atomic E-state index is 11.8. The second-order valence-electron chi connectivity index (χ2n) is 6.94. The quantitative estimate of drug-likeness (QED) is 0.231. The summed E-state index contributed by atoms with van der Waals surface area (Å²) in [4.78, 5) is 44.7. The van der Waals surface area contributed by atoms with E-state index in [4.69, 9.17) is 9.84 Å². The molecule has 1 rings (SSSR count). The average molecular weight is 414 g/mol. The van der Waals surface area contributed by atoms with Gasteiger partial charge in [0.05, 0.1) is 11.1 Å². The van der Waals surface area contributed by atoms with Crippen molar-refractivity contribution in [3.63, 3.8) is 0 Å². The molecule has 6 nitrogen and oxygen atoms in total. The van der Waals surface area contributed by atoms with E-state index >= 15 is 0 Å². The maximum atomic E-state index is 11.8. The molecule has 0 unspecified atom stereocenters. The van der Waals surface area contributed by atoms with Crippen molar-refractivity contribution in [1.82, 2.24) is 0 Å². The number of unbranched alkanes of at least 4 members (excludes halogenated alkanes) is 6. The van der Waals surface area contributed by atoms with Crippen LogP contribution in [0.4, 0.5) is 0 Å². The van der Waals surface area contributed by atoms with Gasteiger partial charge < -0.3 is 9.84 Å². The minimum atomic E-state index is -1.23. The van der Waals surface area contributed by atoms with Crippen molar-refractivity contribution in [2.24, 2.45) is 0 Å². The van der Waals surface area contributed by atoms with Gasteiger partial charge in [-0.25, -0.2) is 9.59 Å². The summed E-state index contributed by atoms with van der Waals surface area (Å²) in [5, 5.41) is 8.98. The summed E-state index contributed by atoms with van der Waals surface area (Å²) in [7, 11) is 0. The van der Waals surface area contributed by atoms with Crippen LogP contribution in [0.1, 0.15) is 98.8 Å². The molecule has 0 fully saturated rings. The van der Waals surface area contributed by atoms with E-state index in [0.29, 0.717) is 9.45 Å². The Balaban J connectivity index is 0.000000828. The van der Waals surface area contributed by atoms with Crippen LogP contribution in [0.2, 0.25) is 0 Å². The van der Waals surface area contributed by atoms with Crippen LogP contribution in [0.3, 0.4) is 0 Å². The molecule has 29 heavy (non-hydrogen) atoms. The topological polar surface area (TPSA) is 97.7 Å². The van der Waals surface area contributed by atoms with E-state index in [9.17, 15) is 19.2 Å². The van der Waals surface area contributed by atoms with Gasteiger partial charge in [0.1, 0.15) is 0 Å². The molecular weight excluding hydrogens is 383 g/mol. The van der Waals surface area contributed by atoms with Gasteiger partial charge in [-0.15, -0.1) is 0 Å². The molecule has 0 atom stereocenters. The normalized spacial score (nSPS) is 9.93. The third-order valence-electron chi connectivity index (χ3n) is 4.20. The number of hydrogen-bond acceptors (Lipinski definition) is 5. The van der Waals surface area contributed by atoms with Crippen LogP contribution < -0.4 is 0 Å². The Hall–Kier alpha value is -1.50. The average Bonchev–Trinajstić information content (AvgIpc) is 2.68. The Morgan fingerprint density at radius 1 is 0.828 bits per heavy atom. The van der Waals surface area contributed by atoms with Crippen LogP contribution in [0, 0.1) is 0 Å². The van der Waals surface area contributed by atoms with E-state index in [-0.39, 0.29) is 17.5 Å². The molecular formula is C22H31NaO6. The molecule has 0 saturated carbocycles. The van der Waals surface area contributed by atoms with Gasteiger partial charge in [0.2, 0.25) is 0 Å². The van der Waals surface area contributed by atoms with Crippen LogP contribution in [0.15, 0.2) is 24.3 Å². The van der Waals surface area contributed by atoms with E-state index in [1.807, 2.05) is 0 Å². The van der Waals surface area contributed by atoms with Crippen molar-refractivity contribution in [2.75, 3.05) is 0 Å². The predicted molar refractivity (Wildman–Crippen MR) is 112 cm³/mol. The number of carboxylic acids is 1. The molecule has 156 valence electrons. The Bertz CT molecular complexity index is 656. The summed E-state index contributed by atoms with van der Waals surface area (Å²) < 4.78 is 5.15. The molecule has 0 heterocycles. The first-order valence-electron chi connectivity index (χ1n) is 10.4. The molecule has 0 aromatic heterocycles. The SMILES string of the molecule is CCCCCCCC(=O)OC(=O)c1ccccc1C(=O)O.CCCCC[C](=O)[Na]. The van der Waals surface area contributed by atoms with Crippen molar-refractivity contribution >= 4 is 48.9 Å². The molecule has 0 aliphatic rings. The van der Waals surface area contributed by atoms with Gasteiger partial charge in [0.25, 0.3) is 0 Å². The Kier molecular flexibility index (Phi) is 16.5. The van der Waals surface area contributed by atoms with Gasteiger partial charge in [-0.1, -0.05) is 44.7 Å². The number of rotatable bonds is 12. The molecule has 1 N–H and O–H groups in total. The zero-order valence-electron chi connectivity index (χ0n) is 17.9. The number of hydrogen-bond donors (Lipinski definition) is 1. The summed E-state index contributed by atoms with van der Waals surface area (Å²) >= 11 is 0.747. The first kappa shape index (κ1) is 27.5. The molecule has 1 aromatic rings. The summed E-state index contributed by atoms with van der Waals surface area (Å²) in [5.74, 6) is -2.75. The molecule has 1 aromatic carbocycles. The van der Waals surface area contributed by atoms with E-state index in [2.05, 4.69) is 13.8 Å². The van der Waals surface area contributed by atoms with Crippen molar-refractivity contribution in [2.45, 2.75) is 78.1 Å². The first-order chi connectivity index (χ1) is 13.8. The molecule has 0 aliphatic heterocycles. The summed E-state index contributed by atoms with van der Waals surface area (Å²) in [5.41, 5.74) is -0.275. The number of ether oxygens (including phenoxy) is 1. The second-order valence-corrected chi connectivity index (χ2v) is 8.05. The number of carbonyl (C=O) groups is 4. The third-order valence-corrected chi connectivity index (χ3v) is 4.70. The number of benzene rings is 1. The van der Waals surface area contributed by atoms with Crippen molar-refractivity contribution in [3.8, 4) is 0 Å². The van der Waals surface area contributed by atoms with Gasteiger partial charge in [-0.05, 0) is 18.6 Å². The van der Waals surface area contributed by atoms with E-state index in [1.54, 1.807) is 0 Å². The standard InChI is InChI=1S/C16H20O5.C6H11O.Na/c1-2-3-4-5-6-11-14(17)21-16(20)13-10-8-7-9-12(13)15(18)19;1-2-3-4-5-6-7;/h7-10H,2-6,11H2,1H3,(H,18,19);2-5H2,1H3;. The molecule has 0 aliphatic carbocycles. The summed E-state index contributed by atoms with van der Waals surface area (Å²) in [6, 6.07) is 5.67. The molecule has 0 bridgehead atoms. The predicted octanol–water partition coefficient (Wildman–Crippen LogP) is 4.69. The van der Waals surface area contributed by atoms with Gasteiger partial charge in [-0.3, -0.25) is 4.79 Å². The first-order valence-corrected chi connectivity index (χ1v) is 11.4. The number of esters is 2. The van der Waals surface area contributed by atoms with Crippen LogP contribution in [0.5, 0.6) is 0 Å². The van der Waals surface area contributed by atoms with Crippen molar-refractivity contribution in [3.05, 3.63) is 35.4 Å². The van der Waals surface area contributed by atoms with Crippen LogP contribution in [-0.4, -0.2) is 54.0 Å². The van der Waals surface area contributed by atoms with E-state index in [0.717, 1.165) is 66.5 Å². The van der Waals surface area contributed by atoms with Gasteiger partial charge in [0, 0.05) is 6.42 Å². The Morgan fingerprint density at radius 2 is 1.34 bits per heavy atom. The van der Waals surface area contributed by atoms with E-state index < -0.39 is 17.9 Å². The number of aromatic carboxylic acids is 1. The molecule has 0 radical (unpaired) electrons. The molecule has 7 heteroatoms. The number of carboxylic acid groups (broad SMARTS) is 1. The van der Waals surface area contributed by atoms with Crippen LogP contribution in [0.25, 0.3) is 0 Å². The molecule has 0 saturated heterocycles. The van der Waals surface area contributed by atoms with E-state index in [1.165, 1.54) is 37.1 Å². The van der Waals surface area contributed by atoms with Crippen molar-refractivity contribution < 1.29 is 29.0 Å². The Labute approximate surface area is 190 Å². The van der Waals surface area contributed by atoms with Crippen molar-refractivity contribution in [1.29, 1.82) is 0 Å². The Morgan fingerprint density at radius 3 is 1.90 bits per heavy atom. The third kappa shape index (κ3) is 14.2. The zero-order chi connectivity index (χ0) is 22.1. The van der Waals surface area contributed by atoms with Crippen LogP contribution >= 0.6 is 0 Å². The fourth-order valence-electron chi connectivity index (χ4n) is 2.55. The molecule has 0 amide bonds. The summed E-state index contributed by atoms with van der Waals surface area (Å²) in [6.45, 7) is 4.25. The summed E-state index contributed by atoms with van der Waals surface area (Å²) in [6.07, 6.45) is 9.44. The minimum absolute atomic E-state index is 0.107. The zero-order valence-corrected chi connectivity index (χ0v) is 19.9. The molecule has 0 spiro atoms. The fourth-order valence-corrected chi connectivity index (χ4v) is 2.91. The van der Waals surface area contributed by atoms with Gasteiger partial charge in [-0.2, -0.15) is 0 Å². The second kappa shape index (κ2) is 17.4. The monoisotopic (exact) mass is 414 g/mol. The van der Waals surface area contributed by atoms with Gasteiger partial charge >= 0.3 is 86.3 Å². The van der Waals surface area contributed by atoms with Crippen LogP contribution in [-0.2, 0) is 14.3 Å².